The van der Waals surface area contributed by atoms with Gasteiger partial charge in [-0.25, -0.2) is 0 Å². The summed E-state index contributed by atoms with van der Waals surface area (Å²) in [5.74, 6) is -0.189. The molecule has 4 heteroatoms. The summed E-state index contributed by atoms with van der Waals surface area (Å²) < 4.78 is 12.0. The molecular formula is C24H38O3Si. The minimum absolute atomic E-state index is 0.189. The molecule has 1 aromatic rings. The van der Waals surface area contributed by atoms with Crippen molar-refractivity contribution in [1.29, 1.82) is 0 Å². The van der Waals surface area contributed by atoms with Crippen molar-refractivity contribution in [3.05, 3.63) is 41.5 Å². The Morgan fingerprint density at radius 3 is 2.36 bits per heavy atom. The highest BCUT2D eigenvalue weighted by molar-refractivity contribution is 6.73. The molecule has 28 heavy (non-hydrogen) atoms. The Hall–Kier alpha value is -1.39. The molecule has 0 bridgehead atoms. The van der Waals surface area contributed by atoms with Crippen molar-refractivity contribution < 1.29 is 14.0 Å². The van der Waals surface area contributed by atoms with Crippen LogP contribution in [0, 0.1) is 0 Å². The van der Waals surface area contributed by atoms with Crippen LogP contribution in [-0.4, -0.2) is 27.0 Å². The lowest BCUT2D eigenvalue weighted by Crippen LogP contribution is -2.39. The van der Waals surface area contributed by atoms with E-state index in [-0.39, 0.29) is 5.97 Å². The molecule has 1 fully saturated rings. The highest BCUT2D eigenvalue weighted by Gasteiger charge is 2.35. The Balaban J connectivity index is 2.21. The van der Waals surface area contributed by atoms with Gasteiger partial charge in [-0.1, -0.05) is 51.1 Å². The number of ether oxygens (including phenoxy) is 1. The second-order valence-corrected chi connectivity index (χ2v) is 12.6. The van der Waals surface area contributed by atoms with E-state index in [4.69, 9.17) is 9.16 Å². The predicted molar refractivity (Wildman–Crippen MR) is 120 cm³/mol. The first kappa shape index (κ1) is 22.9. The third kappa shape index (κ3) is 6.31. The number of hydrogen-bond acceptors (Lipinski definition) is 3. The van der Waals surface area contributed by atoms with Gasteiger partial charge in [0, 0.05) is 6.92 Å². The van der Waals surface area contributed by atoms with Gasteiger partial charge in [0.05, 0.1) is 12.7 Å². The van der Waals surface area contributed by atoms with Crippen LogP contribution >= 0.6 is 0 Å². The molecule has 0 aromatic heterocycles. The Labute approximate surface area is 172 Å². The summed E-state index contributed by atoms with van der Waals surface area (Å²) in [7, 11) is -1.62. The third-order valence-electron chi connectivity index (χ3n) is 6.26. The molecular weight excluding hydrogens is 364 g/mol. The monoisotopic (exact) mass is 402 g/mol. The Morgan fingerprint density at radius 1 is 1.07 bits per heavy atom. The van der Waals surface area contributed by atoms with Crippen LogP contribution in [0.2, 0.25) is 18.1 Å². The predicted octanol–water partition coefficient (Wildman–Crippen LogP) is 6.75. The molecule has 156 valence electrons. The first-order valence-electron chi connectivity index (χ1n) is 11.1. The van der Waals surface area contributed by atoms with Gasteiger partial charge in [0.25, 0.3) is 0 Å². The fraction of sp³-hybridized carbons (Fsp3) is 0.625. The van der Waals surface area contributed by atoms with Crippen LogP contribution in [0.25, 0.3) is 5.57 Å². The molecule has 3 nitrogen and oxygen atoms in total. The highest BCUT2D eigenvalue weighted by atomic mass is 28.4. The molecule has 1 aromatic carbocycles. The van der Waals surface area contributed by atoms with Gasteiger partial charge in [-0.15, -0.1) is 0 Å². The number of hydrogen-bond donors (Lipinski definition) is 0. The molecule has 1 aliphatic rings. The minimum Gasteiger partial charge on any atom is -0.466 e. The van der Waals surface area contributed by atoms with Crippen molar-refractivity contribution in [2.45, 2.75) is 90.5 Å². The standard InChI is InChI=1S/C24H38O3Si/c1-5-28(6-2,7-3)27-24-18-13-17-23(24)22(21-14-9-8-10-15-21)16-11-12-19-26-20(4)25/h8-10,14-15,24H,5-7,11-13,16-19H2,1-4H3/b23-22+. The summed E-state index contributed by atoms with van der Waals surface area (Å²) in [6.45, 7) is 8.92. The fourth-order valence-electron chi connectivity index (χ4n) is 4.34. The van der Waals surface area contributed by atoms with E-state index in [2.05, 4.69) is 51.1 Å². The quantitative estimate of drug-likeness (QED) is 0.233. The third-order valence-corrected chi connectivity index (χ3v) is 10.9. The molecule has 1 unspecified atom stereocenters. The number of carbonyl (C=O) groups excluding carboxylic acids is 1. The van der Waals surface area contributed by atoms with Crippen LogP contribution in [0.4, 0.5) is 0 Å². The number of carbonyl (C=O) groups is 1. The van der Waals surface area contributed by atoms with Crippen LogP contribution in [0.5, 0.6) is 0 Å². The molecule has 0 N–H and O–H groups in total. The van der Waals surface area contributed by atoms with E-state index in [0.717, 1.165) is 32.1 Å². The zero-order valence-electron chi connectivity index (χ0n) is 18.3. The zero-order chi connectivity index (χ0) is 20.4. The molecule has 1 saturated carbocycles. The lowest BCUT2D eigenvalue weighted by Gasteiger charge is -2.33. The van der Waals surface area contributed by atoms with Gasteiger partial charge < -0.3 is 9.16 Å². The minimum atomic E-state index is -1.62. The summed E-state index contributed by atoms with van der Waals surface area (Å²) in [5, 5.41) is 0. The number of esters is 1. The van der Waals surface area contributed by atoms with E-state index in [1.165, 1.54) is 48.2 Å². The SMILES string of the molecule is CC[Si](CC)(CC)OC1CCC/C1=C(/CCCCOC(C)=O)c1ccccc1. The number of rotatable bonds is 11. The van der Waals surface area contributed by atoms with Crippen molar-refractivity contribution in [2.24, 2.45) is 0 Å². The van der Waals surface area contributed by atoms with E-state index < -0.39 is 8.32 Å². The van der Waals surface area contributed by atoms with E-state index in [1.807, 2.05) is 0 Å². The van der Waals surface area contributed by atoms with Crippen molar-refractivity contribution >= 4 is 19.9 Å². The van der Waals surface area contributed by atoms with Crippen molar-refractivity contribution in [3.63, 3.8) is 0 Å². The van der Waals surface area contributed by atoms with Crippen molar-refractivity contribution in [3.8, 4) is 0 Å². The summed E-state index contributed by atoms with van der Waals surface area (Å²) in [4.78, 5) is 11.0. The van der Waals surface area contributed by atoms with Crippen molar-refractivity contribution in [1.82, 2.24) is 0 Å². The maximum Gasteiger partial charge on any atom is 0.302 e. The Bertz CT molecular complexity index is 626. The number of unbranched alkanes of at least 4 members (excludes halogenated alkanes) is 1. The van der Waals surface area contributed by atoms with Gasteiger partial charge in [-0.05, 0) is 73.4 Å². The summed E-state index contributed by atoms with van der Waals surface area (Å²) in [6, 6.07) is 14.4. The highest BCUT2D eigenvalue weighted by Crippen LogP contribution is 2.39. The van der Waals surface area contributed by atoms with E-state index >= 15 is 0 Å². The van der Waals surface area contributed by atoms with Gasteiger partial charge in [0.2, 0.25) is 0 Å². The number of allylic oxidation sites excluding steroid dienone is 1. The zero-order valence-corrected chi connectivity index (χ0v) is 19.3. The first-order chi connectivity index (χ1) is 13.5. The molecule has 0 radical (unpaired) electrons. The van der Waals surface area contributed by atoms with Crippen LogP contribution in [0.3, 0.4) is 0 Å². The summed E-state index contributed by atoms with van der Waals surface area (Å²) >= 11 is 0. The molecule has 0 amide bonds. The Morgan fingerprint density at radius 2 is 1.75 bits per heavy atom. The average Bonchev–Trinajstić information content (AvgIpc) is 3.17. The van der Waals surface area contributed by atoms with E-state index in [0.29, 0.717) is 12.7 Å². The summed E-state index contributed by atoms with van der Waals surface area (Å²) in [6.07, 6.45) is 6.81. The Kier molecular flexibility index (Phi) is 9.46. The van der Waals surface area contributed by atoms with Gasteiger partial charge in [0.15, 0.2) is 8.32 Å². The first-order valence-corrected chi connectivity index (χ1v) is 13.7. The molecule has 1 aliphatic carbocycles. The van der Waals surface area contributed by atoms with Crippen LogP contribution in [0.15, 0.2) is 35.9 Å². The largest absolute Gasteiger partial charge is 0.466 e. The molecule has 1 atom stereocenters. The molecule has 2 rings (SSSR count). The smallest absolute Gasteiger partial charge is 0.302 e. The molecule has 0 spiro atoms. The second kappa shape index (κ2) is 11.6. The summed E-state index contributed by atoms with van der Waals surface area (Å²) in [5.41, 5.74) is 4.33. The fourth-order valence-corrected chi connectivity index (χ4v) is 7.20. The van der Waals surface area contributed by atoms with Crippen LogP contribution < -0.4 is 0 Å². The molecule has 0 aliphatic heterocycles. The van der Waals surface area contributed by atoms with Gasteiger partial charge in [-0.3, -0.25) is 4.79 Å². The van der Waals surface area contributed by atoms with Gasteiger partial charge in [-0.2, -0.15) is 0 Å². The van der Waals surface area contributed by atoms with Gasteiger partial charge in [0.1, 0.15) is 0 Å². The van der Waals surface area contributed by atoms with Crippen LogP contribution in [0.1, 0.15) is 71.8 Å². The number of benzene rings is 1. The normalized spacial score (nSPS) is 18.9. The lowest BCUT2D eigenvalue weighted by atomic mass is 9.93. The van der Waals surface area contributed by atoms with Crippen LogP contribution in [-0.2, 0) is 14.0 Å². The maximum absolute atomic E-state index is 11.0. The van der Waals surface area contributed by atoms with E-state index in [1.54, 1.807) is 0 Å². The molecule has 0 heterocycles. The van der Waals surface area contributed by atoms with E-state index in [9.17, 15) is 4.79 Å². The topological polar surface area (TPSA) is 35.5 Å². The second-order valence-electron chi connectivity index (χ2n) is 7.91. The lowest BCUT2D eigenvalue weighted by molar-refractivity contribution is -0.141. The maximum atomic E-state index is 11.0. The average molecular weight is 403 g/mol. The van der Waals surface area contributed by atoms with Gasteiger partial charge >= 0.3 is 5.97 Å². The molecule has 0 saturated heterocycles. The van der Waals surface area contributed by atoms with Crippen molar-refractivity contribution in [2.75, 3.05) is 6.61 Å².